The van der Waals surface area contributed by atoms with Crippen molar-refractivity contribution in [2.24, 2.45) is 0 Å². The molecule has 0 radical (unpaired) electrons. The molecule has 17 heteroatoms. The van der Waals surface area contributed by atoms with Gasteiger partial charge in [-0.25, -0.2) is 43.9 Å². The first-order chi connectivity index (χ1) is 25.2. The normalized spacial score (nSPS) is 11.9. The van der Waals surface area contributed by atoms with Gasteiger partial charge in [-0.05, 0) is 53.2 Å². The minimum Gasteiger partial charge on any atom is -0.487 e. The Balaban J connectivity index is 1.37. The van der Waals surface area contributed by atoms with Crippen LogP contribution in [0.2, 0.25) is 0 Å². The number of fused-ring (bicyclic) bond motifs is 2. The van der Waals surface area contributed by atoms with Gasteiger partial charge in [-0.3, -0.25) is 0 Å². The highest BCUT2D eigenvalue weighted by molar-refractivity contribution is 6.40. The predicted octanol–water partition coefficient (Wildman–Crippen LogP) is 11.2. The zero-order valence-electron chi connectivity index (χ0n) is 25.5. The van der Waals surface area contributed by atoms with E-state index in [2.05, 4.69) is 0 Å². The molecule has 0 aromatic heterocycles. The third-order valence-corrected chi connectivity index (χ3v) is 8.64. The first-order valence-corrected chi connectivity index (χ1v) is 14.8. The van der Waals surface area contributed by atoms with Gasteiger partial charge in [-0.15, -0.1) is 0 Å². The Hall–Kier alpha value is -6.13. The highest BCUT2D eigenvalue weighted by Gasteiger charge is 2.39. The van der Waals surface area contributed by atoms with E-state index in [-0.39, 0.29) is 10.8 Å². The van der Waals surface area contributed by atoms with E-state index < -0.39 is 143 Å². The van der Waals surface area contributed by atoms with Gasteiger partial charge in [0, 0.05) is 32.3 Å². The fourth-order valence-electron chi connectivity index (χ4n) is 6.23. The van der Waals surface area contributed by atoms with Gasteiger partial charge in [0.25, 0.3) is 0 Å². The van der Waals surface area contributed by atoms with E-state index in [4.69, 9.17) is 14.0 Å². The number of hydrogen-bond donors (Lipinski definition) is 0. The highest BCUT2D eigenvalue weighted by atomic mass is 19.2. The SMILES string of the molecule is Fc1ccc(OB(Oc2c(F)c(F)c(F)c3cc4c(F)c(F)ccc4cc23)Oc2c(F)c(F)c3c(F)c(F)c4c(F)ccc5ccc2c3c54)c(F)c1F. The fraction of sp³-hybridized carbons (Fsp3) is 0. The first kappa shape index (κ1) is 34.0. The second-order valence-corrected chi connectivity index (χ2v) is 11.5. The molecule has 0 aliphatic heterocycles. The lowest BCUT2D eigenvalue weighted by atomic mass is 9.92. The van der Waals surface area contributed by atoms with Crippen molar-refractivity contribution in [2.75, 3.05) is 0 Å². The van der Waals surface area contributed by atoms with Gasteiger partial charge in [-0.1, -0.05) is 18.2 Å². The molecule has 0 unspecified atom stereocenters. The van der Waals surface area contributed by atoms with Crippen molar-refractivity contribution in [3.05, 3.63) is 136 Å². The van der Waals surface area contributed by atoms with E-state index in [1.807, 2.05) is 0 Å². The van der Waals surface area contributed by atoms with E-state index >= 15 is 26.3 Å². The summed E-state index contributed by atoms with van der Waals surface area (Å²) in [5.74, 6) is -28.6. The maximum Gasteiger partial charge on any atom is 0.864 e. The van der Waals surface area contributed by atoms with Crippen LogP contribution in [0.25, 0.3) is 53.9 Å². The third-order valence-electron chi connectivity index (χ3n) is 8.64. The van der Waals surface area contributed by atoms with Crippen molar-refractivity contribution >= 4 is 61.2 Å². The zero-order valence-corrected chi connectivity index (χ0v) is 25.5. The number of halogens is 13. The molecule has 0 saturated carbocycles. The summed E-state index contributed by atoms with van der Waals surface area (Å²) in [4.78, 5) is 0. The number of hydrogen-bond acceptors (Lipinski definition) is 3. The van der Waals surface area contributed by atoms with Gasteiger partial charge in [0.1, 0.15) is 11.6 Å². The van der Waals surface area contributed by atoms with Crippen molar-refractivity contribution in [3.63, 3.8) is 0 Å². The molecule has 0 amide bonds. The Morgan fingerprint density at radius 3 is 1.62 bits per heavy atom. The van der Waals surface area contributed by atoms with Gasteiger partial charge in [-0.2, -0.15) is 13.2 Å². The maximum atomic E-state index is 15.9. The predicted molar refractivity (Wildman–Crippen MR) is 165 cm³/mol. The standard InChI is InChI=1S/C36H10BF13O3/c38-17-5-2-11-1-4-13-22-21(11)23(17)29(45)30(46)24(22)31(47)33(49)35(13)52-37(51-20-8-7-19(40)27(43)28(20)44)53-36-16-9-12-3-6-18(39)25(41)14(12)10-15(16)26(42)32(48)34(36)50/h1-10H. The van der Waals surface area contributed by atoms with Crippen molar-refractivity contribution in [1.82, 2.24) is 0 Å². The van der Waals surface area contributed by atoms with Gasteiger partial charge in [0.05, 0.1) is 10.8 Å². The lowest BCUT2D eigenvalue weighted by Crippen LogP contribution is -2.38. The van der Waals surface area contributed by atoms with Crippen LogP contribution in [0.3, 0.4) is 0 Å². The Kier molecular flexibility index (Phi) is 7.67. The Morgan fingerprint density at radius 1 is 0.321 bits per heavy atom. The minimum atomic E-state index is -2.91. The summed E-state index contributed by atoms with van der Waals surface area (Å²) in [5.41, 5.74) is 0. The molecule has 8 aromatic rings. The summed E-state index contributed by atoms with van der Waals surface area (Å²) in [6.45, 7) is 0. The molecular weight excluding hydrogens is 738 g/mol. The topological polar surface area (TPSA) is 27.7 Å². The minimum absolute atomic E-state index is 0.00143. The van der Waals surface area contributed by atoms with Crippen LogP contribution in [0.4, 0.5) is 57.1 Å². The lowest BCUT2D eigenvalue weighted by molar-refractivity contribution is 0.282. The van der Waals surface area contributed by atoms with Crippen molar-refractivity contribution in [2.45, 2.75) is 0 Å². The number of benzene rings is 8. The summed E-state index contributed by atoms with van der Waals surface area (Å²) >= 11 is 0. The molecule has 0 spiro atoms. The van der Waals surface area contributed by atoms with Crippen molar-refractivity contribution in [3.8, 4) is 17.2 Å². The molecule has 0 heterocycles. The Labute approximate surface area is 285 Å². The molecule has 0 bridgehead atoms. The van der Waals surface area contributed by atoms with E-state index in [1.54, 1.807) is 0 Å². The van der Waals surface area contributed by atoms with Gasteiger partial charge < -0.3 is 14.0 Å². The number of rotatable bonds is 6. The van der Waals surface area contributed by atoms with Crippen LogP contribution in [-0.2, 0) is 0 Å². The Morgan fingerprint density at radius 2 is 0.887 bits per heavy atom. The summed E-state index contributed by atoms with van der Waals surface area (Å²) in [6.07, 6.45) is 0. The highest BCUT2D eigenvalue weighted by Crippen LogP contribution is 2.45. The molecule has 0 aliphatic rings. The smallest absolute Gasteiger partial charge is 0.487 e. The molecule has 8 aromatic carbocycles. The van der Waals surface area contributed by atoms with Crippen molar-refractivity contribution in [1.29, 1.82) is 0 Å². The quantitative estimate of drug-likeness (QED) is 0.0557. The van der Waals surface area contributed by atoms with Crippen LogP contribution in [0.15, 0.2) is 60.7 Å². The third kappa shape index (κ3) is 4.93. The molecule has 0 N–H and O–H groups in total. The molecule has 0 aliphatic carbocycles. The molecule has 8 rings (SSSR count). The molecule has 53 heavy (non-hydrogen) atoms. The van der Waals surface area contributed by atoms with Crippen LogP contribution in [0.1, 0.15) is 0 Å². The van der Waals surface area contributed by atoms with Gasteiger partial charge >= 0.3 is 7.32 Å². The monoisotopic (exact) mass is 748 g/mol. The molecule has 0 fully saturated rings. The van der Waals surface area contributed by atoms with E-state index in [0.29, 0.717) is 24.3 Å². The van der Waals surface area contributed by atoms with Gasteiger partial charge in [0.15, 0.2) is 69.7 Å². The van der Waals surface area contributed by atoms with E-state index in [9.17, 15) is 30.7 Å². The molecule has 0 saturated heterocycles. The van der Waals surface area contributed by atoms with Gasteiger partial charge in [0.2, 0.25) is 11.6 Å². The lowest BCUT2D eigenvalue weighted by Gasteiger charge is -2.22. The average molecular weight is 748 g/mol. The van der Waals surface area contributed by atoms with Crippen LogP contribution < -0.4 is 14.0 Å². The van der Waals surface area contributed by atoms with E-state index in [0.717, 1.165) is 36.4 Å². The Bertz CT molecular complexity index is 2880. The summed E-state index contributed by atoms with van der Waals surface area (Å²) in [6, 6.07) is 7.76. The van der Waals surface area contributed by atoms with Crippen LogP contribution in [0.5, 0.6) is 17.2 Å². The molecular formula is C36H10BF13O3. The first-order valence-electron chi connectivity index (χ1n) is 14.8. The van der Waals surface area contributed by atoms with Crippen LogP contribution in [-0.4, -0.2) is 7.32 Å². The fourth-order valence-corrected chi connectivity index (χ4v) is 6.23. The summed E-state index contributed by atoms with van der Waals surface area (Å²) in [7, 11) is -2.91. The van der Waals surface area contributed by atoms with Crippen molar-refractivity contribution < 1.29 is 71.0 Å². The average Bonchev–Trinajstić information content (AvgIpc) is 3.14. The summed E-state index contributed by atoms with van der Waals surface area (Å²) < 4.78 is 210. The maximum absolute atomic E-state index is 15.9. The molecule has 3 nitrogen and oxygen atoms in total. The largest absolute Gasteiger partial charge is 0.864 e. The molecule has 266 valence electrons. The second-order valence-electron chi connectivity index (χ2n) is 11.5. The van der Waals surface area contributed by atoms with Crippen LogP contribution in [0, 0.1) is 75.6 Å². The zero-order chi connectivity index (χ0) is 37.8. The van der Waals surface area contributed by atoms with Crippen LogP contribution >= 0.6 is 0 Å². The summed E-state index contributed by atoms with van der Waals surface area (Å²) in [5, 5.41) is -6.57. The van der Waals surface area contributed by atoms with E-state index in [1.165, 1.54) is 0 Å². The molecule has 0 atom stereocenters. The second kappa shape index (κ2) is 12.0.